The second-order valence-corrected chi connectivity index (χ2v) is 41.0. The van der Waals surface area contributed by atoms with Gasteiger partial charge in [0.15, 0.2) is 0 Å². The number of carbonyl (C=O) groups is 4. The SMILES string of the molecule is CCCCCCc1cc(-c2cc(CCCCCC)c(-c3ccc(-c4ccc(COC(=O)CCC(=O)N[C@H]5CCCC[C@@H]5NC(=O)CCC(=O)OCc5ccc(-c6ccc(-c7sc(-c8cc(CCCCCC)c(-c9ccc(-c%10cccs%10)s9)s8)cc7CCCCCC)s6)s5)s4)s3)s2)sc1-c1ccc(-c2cccs2)s1. The fraction of sp³-hybridized carbons (Fsp3) is 0.409. The summed E-state index contributed by atoms with van der Waals surface area (Å²) in [5.74, 6) is -1.36. The lowest BCUT2D eigenvalue weighted by Gasteiger charge is -2.32. The third kappa shape index (κ3) is 21.7. The van der Waals surface area contributed by atoms with Gasteiger partial charge in [0.1, 0.15) is 13.2 Å². The third-order valence-electron chi connectivity index (χ3n) is 19.9. The van der Waals surface area contributed by atoms with E-state index in [9.17, 15) is 19.2 Å². The zero-order valence-electron chi connectivity index (χ0n) is 62.4. The van der Waals surface area contributed by atoms with Crippen LogP contribution in [0.25, 0.3) is 97.5 Å². The van der Waals surface area contributed by atoms with Crippen LogP contribution in [0.5, 0.6) is 0 Å². The maximum absolute atomic E-state index is 13.4. The van der Waals surface area contributed by atoms with Crippen LogP contribution in [0.1, 0.15) is 214 Å². The largest absolute Gasteiger partial charge is 0.460 e. The number of ether oxygens (including phenoxy) is 2. The first-order valence-corrected chi connectivity index (χ1v) is 49.0. The van der Waals surface area contributed by atoms with Crippen molar-refractivity contribution in [3.05, 3.63) is 164 Å². The van der Waals surface area contributed by atoms with Gasteiger partial charge in [-0.3, -0.25) is 19.2 Å². The van der Waals surface area contributed by atoms with E-state index >= 15 is 0 Å². The van der Waals surface area contributed by atoms with Gasteiger partial charge in [0, 0.05) is 132 Å². The number of amides is 2. The molecule has 0 spiro atoms. The van der Waals surface area contributed by atoms with Crippen LogP contribution in [0.3, 0.4) is 0 Å². The van der Waals surface area contributed by atoms with Gasteiger partial charge in [-0.05, 0) is 206 Å². The molecule has 1 fully saturated rings. The van der Waals surface area contributed by atoms with Gasteiger partial charge in [0.25, 0.3) is 0 Å². The van der Waals surface area contributed by atoms with Crippen molar-refractivity contribution < 1.29 is 28.7 Å². The van der Waals surface area contributed by atoms with Crippen molar-refractivity contribution >= 4 is 160 Å². The van der Waals surface area contributed by atoms with E-state index in [-0.39, 0.29) is 62.8 Å². The lowest BCUT2D eigenvalue weighted by Crippen LogP contribution is -2.53. The minimum atomic E-state index is -0.427. The molecule has 0 unspecified atom stereocenters. The Morgan fingerprint density at radius 3 is 0.926 bits per heavy atom. The van der Waals surface area contributed by atoms with Crippen molar-refractivity contribution in [3.8, 4) is 97.5 Å². The average Bonchev–Trinajstić information content (AvgIpc) is 1.63. The van der Waals surface area contributed by atoms with Crippen molar-refractivity contribution in [2.45, 2.75) is 233 Å². The summed E-state index contributed by atoms with van der Waals surface area (Å²) in [5, 5.41) is 10.6. The topological polar surface area (TPSA) is 111 Å². The second kappa shape index (κ2) is 40.7. The van der Waals surface area contributed by atoms with Gasteiger partial charge in [-0.2, -0.15) is 0 Å². The maximum Gasteiger partial charge on any atom is 0.306 e. The van der Waals surface area contributed by atoms with Crippen LogP contribution in [0.2, 0.25) is 0 Å². The molecular weight excluding hydrogens is 1570 g/mol. The Hall–Kier alpha value is -5.72. The van der Waals surface area contributed by atoms with Crippen molar-refractivity contribution in [1.29, 1.82) is 0 Å². The number of aryl methyl sites for hydroxylation is 4. The number of hydrogen-bond acceptors (Lipinski definition) is 18. The molecule has 12 aromatic rings. The summed E-state index contributed by atoms with van der Waals surface area (Å²) < 4.78 is 11.5. The Morgan fingerprint density at radius 1 is 0.324 bits per heavy atom. The smallest absolute Gasteiger partial charge is 0.306 e. The van der Waals surface area contributed by atoms with Crippen molar-refractivity contribution in [2.75, 3.05) is 0 Å². The van der Waals surface area contributed by atoms with E-state index in [4.69, 9.17) is 9.47 Å². The standard InChI is InChI=1S/C88H98N2O6S12/c1-5-9-13-17-25-57-51-77(105-85(57)73-41-37-67(101-73)65-31-23-49-97-65)79-53-59(27-19-15-11-7-3)87(107-79)75-43-39-71(103-75)69-35-33-61(99-69)55-95-83(93)47-45-81(91)89-63-29-21-22-30-64(63)90-82(92)46-48-84(94)96-56-62-34-36-70(100-62)72-40-44-76(104-72)88-60(28-20-16-12-8-4)54-80(108-88)78-52-58(26-18-14-10-6-2)86(106-78)74-42-38-68(102-74)66-32-24-50-98-66/h23-24,31-44,49-54,63-64H,5-22,25-30,45-48,55-56H2,1-4H3,(H,89,91)(H,90,92)/t63-,64-/m0/s1. The summed E-state index contributed by atoms with van der Waals surface area (Å²) >= 11 is 22.2. The molecular formula is C88H98N2O6S12. The van der Waals surface area contributed by atoms with E-state index in [1.165, 1.54) is 213 Å². The zero-order valence-corrected chi connectivity index (χ0v) is 72.2. The van der Waals surface area contributed by atoms with Crippen LogP contribution >= 0.6 is 136 Å². The van der Waals surface area contributed by atoms with Crippen LogP contribution in [0.4, 0.5) is 0 Å². The quantitative estimate of drug-likeness (QED) is 0.0291. The molecule has 20 heteroatoms. The molecule has 2 amide bonds. The Bertz CT molecular complexity index is 4510. The van der Waals surface area contributed by atoms with Crippen molar-refractivity contribution in [2.24, 2.45) is 0 Å². The molecule has 1 aliphatic carbocycles. The fourth-order valence-electron chi connectivity index (χ4n) is 14.0. The van der Waals surface area contributed by atoms with Gasteiger partial charge in [0.2, 0.25) is 11.8 Å². The maximum atomic E-state index is 13.4. The number of rotatable bonds is 42. The predicted octanol–water partition coefficient (Wildman–Crippen LogP) is 29.5. The predicted molar refractivity (Wildman–Crippen MR) is 474 cm³/mol. The van der Waals surface area contributed by atoms with Crippen LogP contribution < -0.4 is 10.6 Å². The van der Waals surface area contributed by atoms with Crippen LogP contribution in [0.15, 0.2) is 132 Å². The highest BCUT2D eigenvalue weighted by molar-refractivity contribution is 7.32. The van der Waals surface area contributed by atoms with Gasteiger partial charge in [-0.25, -0.2) is 0 Å². The first kappa shape index (κ1) is 80.3. The summed E-state index contributed by atoms with van der Waals surface area (Å²) in [6.45, 7) is 9.41. The van der Waals surface area contributed by atoms with E-state index in [0.29, 0.717) is 12.8 Å². The van der Waals surface area contributed by atoms with Crippen LogP contribution in [-0.4, -0.2) is 35.8 Å². The number of hydrogen-bond donors (Lipinski definition) is 2. The minimum absolute atomic E-state index is 0.0118. The summed E-state index contributed by atoms with van der Waals surface area (Å²) in [5.41, 5.74) is 5.84. The molecule has 0 aromatic carbocycles. The van der Waals surface area contributed by atoms with Gasteiger partial charge >= 0.3 is 11.9 Å². The highest BCUT2D eigenvalue weighted by Gasteiger charge is 2.29. The Morgan fingerprint density at radius 2 is 0.620 bits per heavy atom. The Kier molecular flexibility index (Phi) is 30.2. The molecule has 2 N–H and O–H groups in total. The average molecular weight is 1660 g/mol. The van der Waals surface area contributed by atoms with Crippen LogP contribution in [-0.2, 0) is 67.5 Å². The second-order valence-electron chi connectivity index (χ2n) is 28.2. The summed E-state index contributed by atoms with van der Waals surface area (Å²) in [7, 11) is 0. The van der Waals surface area contributed by atoms with E-state index in [2.05, 4.69) is 158 Å². The van der Waals surface area contributed by atoms with Gasteiger partial charge in [-0.15, -0.1) is 136 Å². The highest BCUT2D eigenvalue weighted by atomic mass is 32.1. The third-order valence-corrected chi connectivity index (χ3v) is 34.7. The van der Waals surface area contributed by atoms with Gasteiger partial charge < -0.3 is 20.1 Å². The lowest BCUT2D eigenvalue weighted by molar-refractivity contribution is -0.146. The summed E-state index contributed by atoms with van der Waals surface area (Å²) in [6.07, 6.45) is 27.2. The molecule has 1 aliphatic rings. The first-order chi connectivity index (χ1) is 52.9. The van der Waals surface area contributed by atoms with Crippen molar-refractivity contribution in [1.82, 2.24) is 10.6 Å². The number of unbranched alkanes of at least 4 members (excludes halogenated alkanes) is 12. The highest BCUT2D eigenvalue weighted by Crippen LogP contribution is 2.52. The molecule has 12 heterocycles. The molecule has 2 atom stereocenters. The molecule has 13 rings (SSSR count). The molecule has 8 nitrogen and oxygen atoms in total. The van der Waals surface area contributed by atoms with E-state index < -0.39 is 11.9 Å². The number of esters is 2. The monoisotopic (exact) mass is 1660 g/mol. The molecule has 0 bridgehead atoms. The van der Waals surface area contributed by atoms with E-state index in [0.717, 1.165) is 58.0 Å². The van der Waals surface area contributed by atoms with E-state index in [1.54, 1.807) is 22.7 Å². The van der Waals surface area contributed by atoms with Gasteiger partial charge in [0.05, 0.1) is 12.8 Å². The van der Waals surface area contributed by atoms with E-state index in [1.807, 2.05) is 126 Å². The lowest BCUT2D eigenvalue weighted by atomic mass is 9.90. The molecule has 108 heavy (non-hydrogen) atoms. The summed E-state index contributed by atoms with van der Waals surface area (Å²) in [6, 6.07) is 44.8. The molecule has 1 saturated carbocycles. The molecule has 12 aromatic heterocycles. The normalized spacial score (nSPS) is 13.8. The zero-order chi connectivity index (χ0) is 74.6. The number of nitrogens with one attached hydrogen (secondary N) is 2. The first-order valence-electron chi connectivity index (χ1n) is 39.0. The van der Waals surface area contributed by atoms with Crippen molar-refractivity contribution in [3.63, 3.8) is 0 Å². The Labute approximate surface area is 686 Å². The molecule has 0 radical (unpaired) electrons. The fourth-order valence-corrected chi connectivity index (χ4v) is 27.3. The number of thiophene rings is 12. The Balaban J connectivity index is 0.561. The van der Waals surface area contributed by atoms with Crippen LogP contribution in [0, 0.1) is 0 Å². The number of carbonyl (C=O) groups excluding carboxylic acids is 4. The molecule has 0 saturated heterocycles. The minimum Gasteiger partial charge on any atom is -0.460 e. The molecule has 0 aliphatic heterocycles. The molecule has 568 valence electrons. The summed E-state index contributed by atoms with van der Waals surface area (Å²) in [4.78, 5) is 81.4. The van der Waals surface area contributed by atoms with Gasteiger partial charge in [-0.1, -0.05) is 130 Å².